The number of nitrogens with one attached hydrogen (secondary N) is 1. The van der Waals surface area contributed by atoms with E-state index >= 15 is 0 Å². The molecule has 1 aromatic rings. The number of carbonyl (C=O) groups excluding carboxylic acids is 1. The minimum Gasteiger partial charge on any atom is -0.349 e. The fraction of sp³-hybridized carbons (Fsp3) is 0.706. The monoisotopic (exact) mass is 321 g/mol. The van der Waals surface area contributed by atoms with Gasteiger partial charge in [-0.2, -0.15) is 0 Å². The van der Waals surface area contributed by atoms with Crippen LogP contribution in [0.4, 0.5) is 0 Å². The van der Waals surface area contributed by atoms with E-state index in [4.69, 9.17) is 0 Å². The van der Waals surface area contributed by atoms with Crippen LogP contribution in [-0.2, 0) is 0 Å². The van der Waals surface area contributed by atoms with Gasteiger partial charge < -0.3 is 5.32 Å². The molecule has 1 saturated carbocycles. The molecular weight excluding hydrogens is 294 g/mol. The van der Waals surface area contributed by atoms with E-state index in [9.17, 15) is 4.79 Å². The van der Waals surface area contributed by atoms with Gasteiger partial charge in [0.1, 0.15) is 10.9 Å². The maximum atomic E-state index is 12.7. The van der Waals surface area contributed by atoms with Gasteiger partial charge in [-0.15, -0.1) is 11.8 Å². The van der Waals surface area contributed by atoms with Gasteiger partial charge in [0, 0.05) is 12.0 Å². The summed E-state index contributed by atoms with van der Waals surface area (Å²) in [6.45, 7) is 8.28. The third kappa shape index (κ3) is 3.80. The van der Waals surface area contributed by atoms with Gasteiger partial charge in [0.15, 0.2) is 0 Å². The third-order valence-corrected chi connectivity index (χ3v) is 5.12. The van der Waals surface area contributed by atoms with E-state index in [1.165, 1.54) is 31.0 Å². The van der Waals surface area contributed by atoms with Gasteiger partial charge in [-0.25, -0.2) is 9.97 Å². The number of thioether (sulfide) groups is 1. The number of hydrogen-bond acceptors (Lipinski definition) is 4. The average molecular weight is 321 g/mol. The minimum absolute atomic E-state index is 0.0177. The summed E-state index contributed by atoms with van der Waals surface area (Å²) in [6.07, 6.45) is 6.71. The zero-order valence-corrected chi connectivity index (χ0v) is 15.1. The third-order valence-electron chi connectivity index (χ3n) is 4.44. The van der Waals surface area contributed by atoms with Crippen molar-refractivity contribution in [2.45, 2.75) is 70.4 Å². The molecule has 0 aliphatic heterocycles. The summed E-state index contributed by atoms with van der Waals surface area (Å²) in [7, 11) is 0. The van der Waals surface area contributed by atoms with Gasteiger partial charge in [0.25, 0.3) is 5.91 Å². The Bertz CT molecular complexity index is 545. The average Bonchev–Trinajstić information content (AvgIpc) is 2.48. The molecule has 2 rings (SSSR count). The number of rotatable bonds is 4. The van der Waals surface area contributed by atoms with Gasteiger partial charge in [0.05, 0.1) is 11.3 Å². The topological polar surface area (TPSA) is 54.9 Å². The maximum Gasteiger partial charge on any atom is 0.256 e. The molecule has 5 heteroatoms. The molecule has 2 unspecified atom stereocenters. The van der Waals surface area contributed by atoms with E-state index in [1.807, 2.05) is 13.2 Å². The second-order valence-electron chi connectivity index (χ2n) is 6.55. The predicted molar refractivity (Wildman–Crippen MR) is 91.5 cm³/mol. The molecule has 0 aromatic carbocycles. The first-order valence-corrected chi connectivity index (χ1v) is 9.39. The highest BCUT2D eigenvalue weighted by Gasteiger charge is 2.26. The van der Waals surface area contributed by atoms with Crippen LogP contribution >= 0.6 is 11.8 Å². The van der Waals surface area contributed by atoms with E-state index < -0.39 is 0 Å². The Labute approximate surface area is 137 Å². The van der Waals surface area contributed by atoms with Crippen LogP contribution < -0.4 is 5.32 Å². The first-order valence-electron chi connectivity index (χ1n) is 8.17. The molecular formula is C17H27N3OS. The fourth-order valence-electron chi connectivity index (χ4n) is 3.01. The molecule has 1 fully saturated rings. The van der Waals surface area contributed by atoms with Gasteiger partial charge in [0.2, 0.25) is 0 Å². The lowest BCUT2D eigenvalue weighted by atomic mass is 9.86. The Morgan fingerprint density at radius 3 is 2.55 bits per heavy atom. The summed E-state index contributed by atoms with van der Waals surface area (Å²) < 4.78 is 0. The second-order valence-corrected chi connectivity index (χ2v) is 7.34. The van der Waals surface area contributed by atoms with E-state index in [-0.39, 0.29) is 17.9 Å². The number of amides is 1. The number of hydrogen-bond donors (Lipinski definition) is 1. The summed E-state index contributed by atoms with van der Waals surface area (Å²) in [4.78, 5) is 21.8. The molecule has 0 spiro atoms. The molecule has 1 aliphatic carbocycles. The molecule has 0 bridgehead atoms. The van der Waals surface area contributed by atoms with Gasteiger partial charge >= 0.3 is 0 Å². The molecule has 1 amide bonds. The van der Waals surface area contributed by atoms with Gasteiger partial charge in [-0.05, 0) is 31.9 Å². The van der Waals surface area contributed by atoms with E-state index in [2.05, 4.69) is 36.1 Å². The fourth-order valence-corrected chi connectivity index (χ4v) is 3.64. The van der Waals surface area contributed by atoms with Crippen LogP contribution in [0.25, 0.3) is 0 Å². The Hall–Kier alpha value is -1.10. The molecule has 1 aromatic heterocycles. The van der Waals surface area contributed by atoms with Gasteiger partial charge in [-0.1, -0.05) is 33.6 Å². The smallest absolute Gasteiger partial charge is 0.256 e. The predicted octanol–water partition coefficient (Wildman–Crippen LogP) is 3.94. The van der Waals surface area contributed by atoms with Crippen molar-refractivity contribution in [2.24, 2.45) is 5.92 Å². The molecule has 1 aliphatic rings. The summed E-state index contributed by atoms with van der Waals surface area (Å²) in [5.74, 6) is 1.60. The standard InChI is InChI=1S/C17H27N3OS/c1-10(2)15-18-12(4)14(17(20-15)22-5)16(21)19-13-9-7-6-8-11(13)3/h10-11,13H,6-9H2,1-5H3,(H,19,21). The van der Waals surface area contributed by atoms with Crippen LogP contribution in [0.15, 0.2) is 5.03 Å². The zero-order chi connectivity index (χ0) is 16.3. The van der Waals surface area contributed by atoms with Crippen LogP contribution in [0.1, 0.15) is 74.2 Å². The lowest BCUT2D eigenvalue weighted by Gasteiger charge is -2.29. The number of nitrogens with zero attached hydrogens (tertiary/aromatic N) is 2. The quantitative estimate of drug-likeness (QED) is 0.674. The molecule has 0 saturated heterocycles. The summed E-state index contributed by atoms with van der Waals surface area (Å²) in [6, 6.07) is 0.278. The summed E-state index contributed by atoms with van der Waals surface area (Å²) in [5.41, 5.74) is 1.43. The van der Waals surface area contributed by atoms with Crippen molar-refractivity contribution in [1.82, 2.24) is 15.3 Å². The largest absolute Gasteiger partial charge is 0.349 e. The molecule has 4 nitrogen and oxygen atoms in total. The molecule has 122 valence electrons. The Morgan fingerprint density at radius 2 is 1.95 bits per heavy atom. The second kappa shape index (κ2) is 7.44. The highest BCUT2D eigenvalue weighted by Crippen LogP contribution is 2.26. The molecule has 0 radical (unpaired) electrons. The summed E-state index contributed by atoms with van der Waals surface area (Å²) >= 11 is 1.52. The van der Waals surface area contributed by atoms with Crippen LogP contribution in [0, 0.1) is 12.8 Å². The maximum absolute atomic E-state index is 12.7. The number of aromatic nitrogens is 2. The van der Waals surface area contributed by atoms with Crippen LogP contribution in [0.2, 0.25) is 0 Å². The number of carbonyl (C=O) groups is 1. The van der Waals surface area contributed by atoms with Crippen molar-refractivity contribution in [3.63, 3.8) is 0 Å². The molecule has 22 heavy (non-hydrogen) atoms. The summed E-state index contributed by atoms with van der Waals surface area (Å²) in [5, 5.41) is 4.01. The van der Waals surface area contributed by atoms with Crippen molar-refractivity contribution in [2.75, 3.05) is 6.26 Å². The SMILES string of the molecule is CSc1nc(C(C)C)nc(C)c1C(=O)NC1CCCCC1C. The Balaban J connectivity index is 2.25. The zero-order valence-electron chi connectivity index (χ0n) is 14.3. The Kier molecular flexibility index (Phi) is 5.84. The van der Waals surface area contributed by atoms with Crippen LogP contribution in [0.5, 0.6) is 0 Å². The lowest BCUT2D eigenvalue weighted by molar-refractivity contribution is 0.0905. The number of aryl methyl sites for hydroxylation is 1. The van der Waals surface area contributed by atoms with E-state index in [0.29, 0.717) is 11.5 Å². The molecule has 1 heterocycles. The van der Waals surface area contributed by atoms with E-state index in [0.717, 1.165) is 23.0 Å². The van der Waals surface area contributed by atoms with Crippen LogP contribution in [-0.4, -0.2) is 28.2 Å². The first kappa shape index (κ1) is 17.3. The first-order chi connectivity index (χ1) is 10.4. The highest BCUT2D eigenvalue weighted by molar-refractivity contribution is 7.98. The highest BCUT2D eigenvalue weighted by atomic mass is 32.2. The van der Waals surface area contributed by atoms with Crippen molar-refractivity contribution in [3.8, 4) is 0 Å². The van der Waals surface area contributed by atoms with Crippen molar-refractivity contribution >= 4 is 17.7 Å². The van der Waals surface area contributed by atoms with Crippen LogP contribution in [0.3, 0.4) is 0 Å². The van der Waals surface area contributed by atoms with Crippen molar-refractivity contribution in [1.29, 1.82) is 0 Å². The minimum atomic E-state index is -0.0177. The molecule has 2 atom stereocenters. The van der Waals surface area contributed by atoms with Crippen molar-refractivity contribution < 1.29 is 4.79 Å². The molecule has 1 N–H and O–H groups in total. The van der Waals surface area contributed by atoms with E-state index in [1.54, 1.807) is 0 Å². The van der Waals surface area contributed by atoms with Gasteiger partial charge in [-0.3, -0.25) is 4.79 Å². The lowest BCUT2D eigenvalue weighted by Crippen LogP contribution is -2.41. The van der Waals surface area contributed by atoms with Crippen molar-refractivity contribution in [3.05, 3.63) is 17.1 Å². The normalized spacial score (nSPS) is 21.9. The Morgan fingerprint density at radius 1 is 1.27 bits per heavy atom.